The fourth-order valence-corrected chi connectivity index (χ4v) is 2.48. The number of para-hydroxylation sites is 1. The molecule has 0 unspecified atom stereocenters. The second-order valence-electron chi connectivity index (χ2n) is 4.50. The summed E-state index contributed by atoms with van der Waals surface area (Å²) in [6.07, 6.45) is 2.45. The molecular formula is C14H18N2O. The highest BCUT2D eigenvalue weighted by Crippen LogP contribution is 2.27. The average molecular weight is 230 g/mol. The first-order valence-corrected chi connectivity index (χ1v) is 6.03. The number of anilines is 1. The Morgan fingerprint density at radius 1 is 1.35 bits per heavy atom. The Labute approximate surface area is 103 Å². The van der Waals surface area contributed by atoms with Gasteiger partial charge >= 0.3 is 0 Å². The lowest BCUT2D eigenvalue weighted by Crippen LogP contribution is -2.37. The number of benzene rings is 1. The van der Waals surface area contributed by atoms with Gasteiger partial charge < -0.3 is 9.64 Å². The van der Waals surface area contributed by atoms with Gasteiger partial charge in [0.25, 0.3) is 0 Å². The molecule has 1 fully saturated rings. The Hall–Kier alpha value is -1.53. The van der Waals surface area contributed by atoms with Gasteiger partial charge in [0.05, 0.1) is 17.4 Å². The summed E-state index contributed by atoms with van der Waals surface area (Å²) in [5.74, 6) is 0. The van der Waals surface area contributed by atoms with Gasteiger partial charge in [-0.05, 0) is 31.4 Å². The summed E-state index contributed by atoms with van der Waals surface area (Å²) in [5.41, 5.74) is 3.06. The lowest BCUT2D eigenvalue weighted by atomic mass is 10.0. The topological polar surface area (TPSA) is 36.3 Å². The predicted octanol–water partition coefficient (Wildman–Crippen LogP) is 2.48. The molecule has 0 atom stereocenters. The van der Waals surface area contributed by atoms with Crippen molar-refractivity contribution in [3.63, 3.8) is 0 Å². The van der Waals surface area contributed by atoms with Crippen LogP contribution >= 0.6 is 0 Å². The molecule has 2 rings (SSSR count). The average Bonchev–Trinajstić information content (AvgIpc) is 2.38. The van der Waals surface area contributed by atoms with E-state index in [-0.39, 0.29) is 0 Å². The fourth-order valence-electron chi connectivity index (χ4n) is 2.48. The van der Waals surface area contributed by atoms with Crippen molar-refractivity contribution >= 4 is 5.69 Å². The van der Waals surface area contributed by atoms with E-state index in [0.717, 1.165) is 37.2 Å². The number of nitriles is 1. The molecule has 0 radical (unpaired) electrons. The molecule has 17 heavy (non-hydrogen) atoms. The van der Waals surface area contributed by atoms with Crippen LogP contribution in [0.1, 0.15) is 24.0 Å². The number of hydrogen-bond donors (Lipinski definition) is 0. The van der Waals surface area contributed by atoms with Crippen LogP contribution in [0, 0.1) is 18.3 Å². The van der Waals surface area contributed by atoms with Gasteiger partial charge in [-0.25, -0.2) is 0 Å². The van der Waals surface area contributed by atoms with Crippen LogP contribution in [0.25, 0.3) is 0 Å². The Bertz CT molecular complexity index is 428. The molecule has 0 amide bonds. The van der Waals surface area contributed by atoms with Crippen LogP contribution in [-0.2, 0) is 4.74 Å². The van der Waals surface area contributed by atoms with Gasteiger partial charge in [-0.2, -0.15) is 5.26 Å². The third-order valence-electron chi connectivity index (χ3n) is 3.45. The minimum Gasteiger partial charge on any atom is -0.381 e. The minimum atomic E-state index is 0.376. The second-order valence-corrected chi connectivity index (χ2v) is 4.50. The lowest BCUT2D eigenvalue weighted by molar-refractivity contribution is 0.0819. The van der Waals surface area contributed by atoms with Crippen LogP contribution in [0.4, 0.5) is 5.69 Å². The highest BCUT2D eigenvalue weighted by Gasteiger charge is 2.21. The first-order valence-electron chi connectivity index (χ1n) is 6.03. The van der Waals surface area contributed by atoms with E-state index in [4.69, 9.17) is 4.74 Å². The van der Waals surface area contributed by atoms with Crippen molar-refractivity contribution in [1.29, 1.82) is 5.26 Å². The maximum absolute atomic E-state index is 9.17. The van der Waals surface area contributed by atoms with E-state index in [1.807, 2.05) is 12.1 Å². The maximum atomic E-state index is 9.17. The van der Waals surface area contributed by atoms with Crippen LogP contribution < -0.4 is 4.90 Å². The lowest BCUT2D eigenvalue weighted by Gasteiger charge is -2.34. The Morgan fingerprint density at radius 2 is 2.06 bits per heavy atom. The normalized spacial score (nSPS) is 16.9. The van der Waals surface area contributed by atoms with Crippen molar-refractivity contribution in [2.24, 2.45) is 0 Å². The molecule has 1 heterocycles. The van der Waals surface area contributed by atoms with Crippen LogP contribution in [0.2, 0.25) is 0 Å². The number of ether oxygens (including phenoxy) is 1. The number of methoxy groups -OCH3 is 1. The van der Waals surface area contributed by atoms with Gasteiger partial charge in [-0.15, -0.1) is 0 Å². The smallest absolute Gasteiger partial charge is 0.101 e. The van der Waals surface area contributed by atoms with Gasteiger partial charge in [0.1, 0.15) is 6.07 Å². The van der Waals surface area contributed by atoms with E-state index < -0.39 is 0 Å². The van der Waals surface area contributed by atoms with E-state index in [9.17, 15) is 5.26 Å². The zero-order chi connectivity index (χ0) is 12.3. The number of nitrogens with zero attached hydrogens (tertiary/aromatic N) is 2. The molecule has 90 valence electrons. The molecule has 3 nitrogen and oxygen atoms in total. The molecule has 1 aliphatic rings. The molecular weight excluding hydrogens is 212 g/mol. The summed E-state index contributed by atoms with van der Waals surface area (Å²) in [5, 5.41) is 9.17. The summed E-state index contributed by atoms with van der Waals surface area (Å²) in [4.78, 5) is 2.31. The summed E-state index contributed by atoms with van der Waals surface area (Å²) >= 11 is 0. The third-order valence-corrected chi connectivity index (χ3v) is 3.45. The van der Waals surface area contributed by atoms with E-state index in [0.29, 0.717) is 6.10 Å². The summed E-state index contributed by atoms with van der Waals surface area (Å²) in [7, 11) is 1.77. The van der Waals surface area contributed by atoms with E-state index in [2.05, 4.69) is 24.0 Å². The first-order chi connectivity index (χ1) is 8.26. The zero-order valence-electron chi connectivity index (χ0n) is 10.4. The van der Waals surface area contributed by atoms with Crippen molar-refractivity contribution in [2.45, 2.75) is 25.9 Å². The molecule has 0 saturated carbocycles. The molecule has 0 bridgehead atoms. The summed E-state index contributed by atoms with van der Waals surface area (Å²) in [6, 6.07) is 8.19. The van der Waals surface area contributed by atoms with E-state index in [1.54, 1.807) is 7.11 Å². The minimum absolute atomic E-state index is 0.376. The molecule has 0 N–H and O–H groups in total. The predicted molar refractivity (Wildman–Crippen MR) is 68.1 cm³/mol. The Kier molecular flexibility index (Phi) is 3.65. The van der Waals surface area contributed by atoms with Crippen molar-refractivity contribution < 1.29 is 4.74 Å². The van der Waals surface area contributed by atoms with Crippen LogP contribution in [0.3, 0.4) is 0 Å². The molecule has 0 spiro atoms. The van der Waals surface area contributed by atoms with Gasteiger partial charge in [0.2, 0.25) is 0 Å². The highest BCUT2D eigenvalue weighted by atomic mass is 16.5. The standard InChI is InChI=1S/C14H18N2O/c1-11-4-3-5-12(10-15)14(11)16-8-6-13(17-2)7-9-16/h3-5,13H,6-9H2,1-2H3. The molecule has 1 aromatic carbocycles. The molecule has 3 heteroatoms. The number of aryl methyl sites for hydroxylation is 1. The molecule has 1 saturated heterocycles. The second kappa shape index (κ2) is 5.20. The van der Waals surface area contributed by atoms with Crippen LogP contribution in [0.15, 0.2) is 18.2 Å². The highest BCUT2D eigenvalue weighted by molar-refractivity contribution is 5.64. The Morgan fingerprint density at radius 3 is 2.65 bits per heavy atom. The zero-order valence-corrected chi connectivity index (χ0v) is 10.4. The van der Waals surface area contributed by atoms with Crippen molar-refractivity contribution in [2.75, 3.05) is 25.1 Å². The van der Waals surface area contributed by atoms with Gasteiger partial charge in [0.15, 0.2) is 0 Å². The maximum Gasteiger partial charge on any atom is 0.101 e. The van der Waals surface area contributed by atoms with Crippen molar-refractivity contribution in [3.05, 3.63) is 29.3 Å². The van der Waals surface area contributed by atoms with Gasteiger partial charge in [0, 0.05) is 20.2 Å². The molecule has 0 aromatic heterocycles. The van der Waals surface area contributed by atoms with Gasteiger partial charge in [-0.3, -0.25) is 0 Å². The first kappa shape index (κ1) is 11.9. The van der Waals surface area contributed by atoms with Crippen LogP contribution in [0.5, 0.6) is 0 Å². The molecule has 1 aliphatic heterocycles. The number of piperidine rings is 1. The molecule has 1 aromatic rings. The van der Waals surface area contributed by atoms with Crippen molar-refractivity contribution in [3.8, 4) is 6.07 Å². The quantitative estimate of drug-likeness (QED) is 0.783. The number of rotatable bonds is 2. The number of hydrogen-bond acceptors (Lipinski definition) is 3. The summed E-state index contributed by atoms with van der Waals surface area (Å²) in [6.45, 7) is 4.01. The van der Waals surface area contributed by atoms with Crippen LogP contribution in [-0.4, -0.2) is 26.3 Å². The fraction of sp³-hybridized carbons (Fsp3) is 0.500. The van der Waals surface area contributed by atoms with E-state index >= 15 is 0 Å². The third kappa shape index (κ3) is 2.42. The van der Waals surface area contributed by atoms with Crippen molar-refractivity contribution in [1.82, 2.24) is 0 Å². The monoisotopic (exact) mass is 230 g/mol. The van der Waals surface area contributed by atoms with E-state index in [1.165, 1.54) is 5.56 Å². The Balaban J connectivity index is 2.21. The largest absolute Gasteiger partial charge is 0.381 e. The van der Waals surface area contributed by atoms with Gasteiger partial charge in [-0.1, -0.05) is 12.1 Å². The summed E-state index contributed by atoms with van der Waals surface area (Å²) < 4.78 is 5.37. The SMILES string of the molecule is COC1CCN(c2c(C)cccc2C#N)CC1. The molecule has 0 aliphatic carbocycles.